The Hall–Kier alpha value is -0.730. The second-order valence-corrected chi connectivity index (χ2v) is 7.26. The third-order valence-corrected chi connectivity index (χ3v) is 4.86. The first-order valence-corrected chi connectivity index (χ1v) is 10.5. The van der Waals surface area contributed by atoms with Gasteiger partial charge in [-0.25, -0.2) is 0 Å². The Balaban J connectivity index is 2.45. The van der Waals surface area contributed by atoms with E-state index in [1.54, 1.807) is 0 Å². The topological polar surface area (TPSA) is 105 Å². The maximum Gasteiger partial charge on any atom is 0.306 e. The summed E-state index contributed by atoms with van der Waals surface area (Å²) in [6, 6.07) is 0. The van der Waals surface area contributed by atoms with Gasteiger partial charge in [-0.05, 0) is 12.8 Å². The number of hydrogen-bond donors (Lipinski definition) is 3. The van der Waals surface area contributed by atoms with E-state index in [1.807, 2.05) is 6.92 Å². The Morgan fingerprint density at radius 1 is 0.926 bits per heavy atom. The molecule has 0 bridgehead atoms. The van der Waals surface area contributed by atoms with Crippen LogP contribution < -0.4 is 0 Å². The number of rotatable bonds is 14. The fourth-order valence-corrected chi connectivity index (χ4v) is 3.10. The molecule has 0 aromatic heterocycles. The summed E-state index contributed by atoms with van der Waals surface area (Å²) in [7, 11) is 0. The summed E-state index contributed by atoms with van der Waals surface area (Å²) in [5.74, 6) is -0.435. The summed E-state index contributed by atoms with van der Waals surface area (Å²) in [4.78, 5) is 12.1. The lowest BCUT2D eigenvalue weighted by Gasteiger charge is -2.41. The minimum absolute atomic E-state index is 0.262. The summed E-state index contributed by atoms with van der Waals surface area (Å²) in [5.41, 5.74) is 0. The van der Waals surface area contributed by atoms with Crippen LogP contribution >= 0.6 is 0 Å². The van der Waals surface area contributed by atoms with Gasteiger partial charge in [-0.2, -0.15) is 0 Å². The van der Waals surface area contributed by atoms with Crippen LogP contribution in [-0.4, -0.2) is 65.2 Å². The van der Waals surface area contributed by atoms with Gasteiger partial charge in [0.15, 0.2) is 12.4 Å². The van der Waals surface area contributed by atoms with E-state index in [4.69, 9.17) is 14.2 Å². The smallest absolute Gasteiger partial charge is 0.306 e. The maximum atomic E-state index is 12.1. The van der Waals surface area contributed by atoms with E-state index in [9.17, 15) is 20.1 Å². The quantitative estimate of drug-likeness (QED) is 0.309. The minimum atomic E-state index is -1.36. The molecule has 1 aliphatic rings. The molecular weight excluding hydrogens is 352 g/mol. The van der Waals surface area contributed by atoms with Crippen molar-refractivity contribution in [3.8, 4) is 0 Å². The van der Waals surface area contributed by atoms with E-state index >= 15 is 0 Å². The number of carbonyl (C=O) groups excluding carboxylic acids is 1. The predicted octanol–water partition coefficient (Wildman–Crippen LogP) is 2.29. The van der Waals surface area contributed by atoms with E-state index in [0.29, 0.717) is 6.61 Å². The van der Waals surface area contributed by atoms with Crippen molar-refractivity contribution in [2.24, 2.45) is 0 Å². The molecule has 27 heavy (non-hydrogen) atoms. The fourth-order valence-electron chi connectivity index (χ4n) is 3.10. The standard InChI is InChI=1S/C20H38O7/c1-3-5-7-8-9-10-11-12-16(22)27-19-18(24)17(23)15(14-21)26-20(19)25-13-6-4-2/h15,17-21,23-24H,3-14H2,1-2H3/t15-,17-,18+,19-,20?/m1/s1. The summed E-state index contributed by atoms with van der Waals surface area (Å²) in [6.45, 7) is 4.12. The highest BCUT2D eigenvalue weighted by atomic mass is 16.7. The Bertz CT molecular complexity index is 391. The Kier molecular flexibility index (Phi) is 12.9. The highest BCUT2D eigenvalue weighted by molar-refractivity contribution is 5.69. The molecule has 1 fully saturated rings. The number of aliphatic hydroxyl groups is 3. The van der Waals surface area contributed by atoms with Crippen LogP contribution in [0.25, 0.3) is 0 Å². The van der Waals surface area contributed by atoms with Gasteiger partial charge < -0.3 is 29.5 Å². The van der Waals surface area contributed by atoms with Crippen LogP contribution in [0.5, 0.6) is 0 Å². The largest absolute Gasteiger partial charge is 0.454 e. The molecule has 0 amide bonds. The summed E-state index contributed by atoms with van der Waals surface area (Å²) in [5, 5.41) is 29.7. The first kappa shape index (κ1) is 24.3. The van der Waals surface area contributed by atoms with Crippen molar-refractivity contribution in [3.05, 3.63) is 0 Å². The number of aliphatic hydroxyl groups excluding tert-OH is 3. The molecule has 0 aromatic carbocycles. The van der Waals surface area contributed by atoms with Crippen molar-refractivity contribution >= 4 is 5.97 Å². The van der Waals surface area contributed by atoms with Gasteiger partial charge in [0, 0.05) is 13.0 Å². The van der Waals surface area contributed by atoms with Crippen LogP contribution in [0.1, 0.15) is 78.1 Å². The number of esters is 1. The average molecular weight is 391 g/mol. The SMILES string of the molecule is CCCCCCCCCC(=O)O[C@H]1C(OCCCC)O[C@H](CO)[C@@H](O)[C@@H]1O. The van der Waals surface area contributed by atoms with E-state index in [2.05, 4.69) is 6.92 Å². The number of unbranched alkanes of at least 4 members (excludes halogenated alkanes) is 7. The Morgan fingerprint density at radius 3 is 2.19 bits per heavy atom. The third kappa shape index (κ3) is 8.87. The van der Waals surface area contributed by atoms with Gasteiger partial charge in [-0.3, -0.25) is 4.79 Å². The van der Waals surface area contributed by atoms with Gasteiger partial charge in [-0.15, -0.1) is 0 Å². The van der Waals surface area contributed by atoms with Gasteiger partial charge >= 0.3 is 5.97 Å². The highest BCUT2D eigenvalue weighted by Crippen LogP contribution is 2.25. The molecule has 7 heteroatoms. The number of hydrogen-bond acceptors (Lipinski definition) is 7. The van der Waals surface area contributed by atoms with Gasteiger partial charge in [-0.1, -0.05) is 58.8 Å². The second kappa shape index (κ2) is 14.3. The molecule has 0 aliphatic carbocycles. The van der Waals surface area contributed by atoms with Crippen LogP contribution in [0.4, 0.5) is 0 Å². The summed E-state index contributed by atoms with van der Waals surface area (Å²) >= 11 is 0. The molecule has 5 atom stereocenters. The molecule has 1 unspecified atom stereocenters. The van der Waals surface area contributed by atoms with Crippen LogP contribution in [-0.2, 0) is 19.0 Å². The zero-order chi connectivity index (χ0) is 20.1. The third-order valence-electron chi connectivity index (χ3n) is 4.86. The minimum Gasteiger partial charge on any atom is -0.454 e. The van der Waals surface area contributed by atoms with Gasteiger partial charge in [0.05, 0.1) is 6.61 Å². The average Bonchev–Trinajstić information content (AvgIpc) is 2.66. The molecule has 0 spiro atoms. The predicted molar refractivity (Wildman–Crippen MR) is 101 cm³/mol. The van der Waals surface area contributed by atoms with Crippen LogP contribution in [0.3, 0.4) is 0 Å². The van der Waals surface area contributed by atoms with E-state index in [0.717, 1.165) is 32.1 Å². The molecule has 0 saturated carbocycles. The molecule has 3 N–H and O–H groups in total. The fraction of sp³-hybridized carbons (Fsp3) is 0.950. The lowest BCUT2D eigenvalue weighted by Crippen LogP contribution is -2.60. The lowest BCUT2D eigenvalue weighted by molar-refractivity contribution is -0.304. The van der Waals surface area contributed by atoms with E-state index in [1.165, 1.54) is 25.7 Å². The molecule has 0 aromatic rings. The maximum absolute atomic E-state index is 12.1. The zero-order valence-corrected chi connectivity index (χ0v) is 16.8. The van der Waals surface area contributed by atoms with Crippen LogP contribution in [0, 0.1) is 0 Å². The Morgan fingerprint density at radius 2 is 1.56 bits per heavy atom. The lowest BCUT2D eigenvalue weighted by atomic mass is 9.99. The van der Waals surface area contributed by atoms with Crippen molar-refractivity contribution in [1.82, 2.24) is 0 Å². The van der Waals surface area contributed by atoms with Gasteiger partial charge in [0.25, 0.3) is 0 Å². The highest BCUT2D eigenvalue weighted by Gasteiger charge is 2.47. The van der Waals surface area contributed by atoms with Gasteiger partial charge in [0.2, 0.25) is 0 Å². The molecular formula is C20H38O7. The number of carbonyl (C=O) groups is 1. The van der Waals surface area contributed by atoms with Crippen molar-refractivity contribution in [1.29, 1.82) is 0 Å². The van der Waals surface area contributed by atoms with E-state index in [-0.39, 0.29) is 6.42 Å². The first-order chi connectivity index (χ1) is 13.0. The molecule has 1 aliphatic heterocycles. The summed E-state index contributed by atoms with van der Waals surface area (Å²) < 4.78 is 16.5. The Labute approximate surface area is 163 Å². The van der Waals surface area contributed by atoms with Crippen molar-refractivity contribution < 1.29 is 34.3 Å². The van der Waals surface area contributed by atoms with Crippen LogP contribution in [0.2, 0.25) is 0 Å². The zero-order valence-electron chi connectivity index (χ0n) is 16.8. The van der Waals surface area contributed by atoms with Crippen LogP contribution in [0.15, 0.2) is 0 Å². The van der Waals surface area contributed by atoms with Crippen molar-refractivity contribution in [3.63, 3.8) is 0 Å². The first-order valence-electron chi connectivity index (χ1n) is 10.5. The molecule has 0 radical (unpaired) electrons. The molecule has 1 saturated heterocycles. The molecule has 1 heterocycles. The normalized spacial score (nSPS) is 28.3. The second-order valence-electron chi connectivity index (χ2n) is 7.26. The van der Waals surface area contributed by atoms with Crippen molar-refractivity contribution in [2.75, 3.05) is 13.2 Å². The van der Waals surface area contributed by atoms with Gasteiger partial charge in [0.1, 0.15) is 18.3 Å². The number of ether oxygens (including phenoxy) is 3. The molecule has 7 nitrogen and oxygen atoms in total. The monoisotopic (exact) mass is 390 g/mol. The van der Waals surface area contributed by atoms with Crippen molar-refractivity contribution in [2.45, 2.75) is 109 Å². The van der Waals surface area contributed by atoms with E-state index < -0.39 is 43.3 Å². The molecule has 160 valence electrons. The molecule has 1 rings (SSSR count). The summed E-state index contributed by atoms with van der Waals surface area (Å²) in [6.07, 6.45) is 3.88.